The van der Waals surface area contributed by atoms with Crippen molar-refractivity contribution in [2.24, 2.45) is 0 Å². The summed E-state index contributed by atoms with van der Waals surface area (Å²) in [4.78, 5) is 2.64. The maximum absolute atomic E-state index is 13.3. The maximum Gasteiger partial charge on any atom is 0.130 e. The summed E-state index contributed by atoms with van der Waals surface area (Å²) in [7, 11) is 2.45. The van der Waals surface area contributed by atoms with E-state index in [0.29, 0.717) is 11.2 Å². The molecule has 0 N–H and O–H groups in total. The largest absolute Gasteiger partial charge is 0.206 e. The van der Waals surface area contributed by atoms with Crippen LogP contribution in [0.2, 0.25) is 0 Å². The number of aryl methyl sites for hydroxylation is 1. The first kappa shape index (κ1) is 14.4. The Bertz CT molecular complexity index is 601. The first-order valence-electron chi connectivity index (χ1n) is 6.29. The second-order valence-corrected chi connectivity index (χ2v) is 6.69. The zero-order valence-electron chi connectivity index (χ0n) is 11.2. The van der Waals surface area contributed by atoms with Crippen LogP contribution < -0.4 is 5.30 Å². The van der Waals surface area contributed by atoms with E-state index in [0.717, 1.165) is 12.0 Å². The maximum atomic E-state index is 13.3. The lowest BCUT2D eigenvalue weighted by Gasteiger charge is -2.04. The van der Waals surface area contributed by atoms with Gasteiger partial charge in [0.15, 0.2) is 0 Å². The van der Waals surface area contributed by atoms with Gasteiger partial charge >= 0.3 is 0 Å². The van der Waals surface area contributed by atoms with Crippen molar-refractivity contribution in [2.45, 2.75) is 26.2 Å². The Morgan fingerprint density at radius 1 is 1.42 bits per heavy atom. The van der Waals surface area contributed by atoms with Gasteiger partial charge in [-0.1, -0.05) is 19.1 Å². The van der Waals surface area contributed by atoms with Crippen molar-refractivity contribution in [1.82, 2.24) is 0 Å². The third-order valence-corrected chi connectivity index (χ3v) is 4.97. The molecule has 1 heterocycles. The van der Waals surface area contributed by atoms with Gasteiger partial charge in [0, 0.05) is 15.1 Å². The van der Waals surface area contributed by atoms with Crippen LogP contribution >= 0.6 is 20.6 Å². The number of rotatable bonds is 4. The Hall–Kier alpha value is -0.980. The molecule has 0 radical (unpaired) electrons. The van der Waals surface area contributed by atoms with Crippen LogP contribution in [0, 0.1) is 12.7 Å². The molecule has 0 amide bonds. The lowest BCUT2D eigenvalue weighted by atomic mass is 10.0. The van der Waals surface area contributed by atoms with Gasteiger partial charge in [-0.25, -0.2) is 4.39 Å². The Kier molecular flexibility index (Phi) is 4.54. The summed E-state index contributed by atoms with van der Waals surface area (Å²) in [6.45, 7) is 8.13. The monoisotopic (exact) mass is 292 g/mol. The highest BCUT2D eigenvalue weighted by molar-refractivity contribution is 7.27. The van der Waals surface area contributed by atoms with Gasteiger partial charge in [0.05, 0.1) is 0 Å². The van der Waals surface area contributed by atoms with Gasteiger partial charge in [-0.2, -0.15) is 0 Å². The molecule has 2 rings (SSSR count). The van der Waals surface area contributed by atoms with Gasteiger partial charge in [0.2, 0.25) is 0 Å². The molecule has 3 heteroatoms. The molecule has 2 atom stereocenters. The second-order valence-electron chi connectivity index (χ2n) is 4.78. The second kappa shape index (κ2) is 5.98. The molecule has 0 bridgehead atoms. The number of allylic oxidation sites excluding steroid dienone is 1. The third kappa shape index (κ3) is 3.13. The van der Waals surface area contributed by atoms with Crippen molar-refractivity contribution in [3.63, 3.8) is 0 Å². The molecule has 1 aromatic heterocycles. The van der Waals surface area contributed by atoms with Crippen molar-refractivity contribution in [1.29, 1.82) is 0 Å². The minimum absolute atomic E-state index is 0.179. The molecule has 19 heavy (non-hydrogen) atoms. The molecule has 0 nitrogen and oxygen atoms in total. The predicted molar refractivity (Wildman–Crippen MR) is 87.0 cm³/mol. The Morgan fingerprint density at radius 2 is 2.16 bits per heavy atom. The predicted octanol–water partition coefficient (Wildman–Crippen LogP) is 5.04. The molecule has 0 aliphatic heterocycles. The lowest BCUT2D eigenvalue weighted by molar-refractivity contribution is 0.637. The van der Waals surface area contributed by atoms with E-state index < -0.39 is 0 Å². The summed E-state index contributed by atoms with van der Waals surface area (Å²) in [6, 6.07) is 7.49. The summed E-state index contributed by atoms with van der Waals surface area (Å²) in [5.41, 5.74) is 2.29. The number of hydrogen-bond acceptors (Lipinski definition) is 1. The highest BCUT2D eigenvalue weighted by Gasteiger charge is 2.12. The van der Waals surface area contributed by atoms with Crippen molar-refractivity contribution in [3.05, 3.63) is 52.5 Å². The molecule has 2 aromatic rings. The topological polar surface area (TPSA) is 0 Å². The average molecular weight is 292 g/mol. The van der Waals surface area contributed by atoms with Crippen LogP contribution in [-0.2, 0) is 0 Å². The lowest BCUT2D eigenvalue weighted by Crippen LogP contribution is -1.97. The van der Waals surface area contributed by atoms with E-state index in [1.165, 1.54) is 21.4 Å². The zero-order valence-corrected chi connectivity index (χ0v) is 13.2. The zero-order chi connectivity index (χ0) is 14.0. The van der Waals surface area contributed by atoms with Crippen molar-refractivity contribution >= 4 is 25.9 Å². The smallest absolute Gasteiger partial charge is 0.130 e. The van der Waals surface area contributed by atoms with Crippen molar-refractivity contribution in [3.8, 4) is 11.1 Å². The van der Waals surface area contributed by atoms with Gasteiger partial charge in [0.25, 0.3) is 0 Å². The summed E-state index contributed by atoms with van der Waals surface area (Å²) >= 11 is 1.82. The van der Waals surface area contributed by atoms with E-state index in [1.54, 1.807) is 0 Å². The van der Waals surface area contributed by atoms with Crippen LogP contribution in [0.4, 0.5) is 4.39 Å². The van der Waals surface area contributed by atoms with E-state index in [4.69, 9.17) is 0 Å². The third-order valence-electron chi connectivity index (χ3n) is 3.25. The molecule has 0 saturated carbocycles. The highest BCUT2D eigenvalue weighted by atomic mass is 32.1. The fraction of sp³-hybridized carbons (Fsp3) is 0.250. The van der Waals surface area contributed by atoms with Crippen LogP contribution in [0.15, 0.2) is 36.9 Å². The number of halogens is 1. The Morgan fingerprint density at radius 3 is 2.79 bits per heavy atom. The Labute approximate surface area is 120 Å². The number of thiophene rings is 1. The summed E-state index contributed by atoms with van der Waals surface area (Å²) in [6.07, 6.45) is 2.94. The van der Waals surface area contributed by atoms with E-state index in [2.05, 4.69) is 35.7 Å². The quantitative estimate of drug-likeness (QED) is 0.547. The van der Waals surface area contributed by atoms with Crippen LogP contribution in [-0.4, -0.2) is 0 Å². The van der Waals surface area contributed by atoms with E-state index in [9.17, 15) is 4.39 Å². The van der Waals surface area contributed by atoms with Crippen LogP contribution in [0.25, 0.3) is 11.1 Å². The van der Waals surface area contributed by atoms with Gasteiger partial charge in [-0.3, -0.25) is 0 Å². The van der Waals surface area contributed by atoms with Crippen LogP contribution in [0.1, 0.15) is 29.0 Å². The first-order chi connectivity index (χ1) is 9.02. The molecule has 0 aliphatic rings. The molecule has 0 aliphatic carbocycles. The van der Waals surface area contributed by atoms with Gasteiger partial charge in [-0.15, -0.1) is 27.2 Å². The van der Waals surface area contributed by atoms with Gasteiger partial charge < -0.3 is 0 Å². The number of benzene rings is 1. The molecule has 1 aromatic carbocycles. The fourth-order valence-corrected chi connectivity index (χ4v) is 3.50. The van der Waals surface area contributed by atoms with Crippen LogP contribution in [0.3, 0.4) is 0 Å². The summed E-state index contributed by atoms with van der Waals surface area (Å²) in [5.74, 6) is 0.313. The van der Waals surface area contributed by atoms with Crippen molar-refractivity contribution in [2.75, 3.05) is 0 Å². The fourth-order valence-electron chi connectivity index (χ4n) is 2.11. The molecule has 0 spiro atoms. The first-order valence-corrected chi connectivity index (χ1v) is 7.69. The molecular formula is C16H18FPS. The highest BCUT2D eigenvalue weighted by Crippen LogP contribution is 2.35. The molecule has 0 fully saturated rings. The molecular weight excluding hydrogens is 274 g/mol. The van der Waals surface area contributed by atoms with Gasteiger partial charge in [-0.05, 0) is 48.6 Å². The molecule has 100 valence electrons. The molecule has 2 unspecified atom stereocenters. The molecule has 0 saturated heterocycles. The average Bonchev–Trinajstić information content (AvgIpc) is 2.75. The summed E-state index contributed by atoms with van der Waals surface area (Å²) in [5, 5.41) is 0.615. The normalized spacial score (nSPS) is 12.4. The van der Waals surface area contributed by atoms with Crippen LogP contribution in [0.5, 0.6) is 0 Å². The Balaban J connectivity index is 2.39. The minimum atomic E-state index is -0.179. The van der Waals surface area contributed by atoms with E-state index >= 15 is 0 Å². The van der Waals surface area contributed by atoms with E-state index in [-0.39, 0.29) is 5.82 Å². The minimum Gasteiger partial charge on any atom is -0.206 e. The SMILES string of the molecule is C=CCC(C)c1cc(-c2ccc(F)c(P)c2)c(C)s1. The number of hydrogen-bond donors (Lipinski definition) is 0. The van der Waals surface area contributed by atoms with E-state index in [1.807, 2.05) is 29.5 Å². The van der Waals surface area contributed by atoms with Gasteiger partial charge in [0.1, 0.15) is 5.82 Å². The standard InChI is InChI=1S/C16H18FPS/c1-4-5-10(2)16-9-13(11(3)19-16)12-6-7-14(17)15(18)8-12/h4,6-10H,1,5,18H2,2-3H3. The summed E-state index contributed by atoms with van der Waals surface area (Å²) < 4.78 is 13.3. The van der Waals surface area contributed by atoms with Crippen molar-refractivity contribution < 1.29 is 4.39 Å².